The lowest BCUT2D eigenvalue weighted by atomic mass is 9.95. The summed E-state index contributed by atoms with van der Waals surface area (Å²) >= 11 is 0. The van der Waals surface area contributed by atoms with Gasteiger partial charge in [-0.3, -0.25) is 14.5 Å². The molecule has 2 N–H and O–H groups in total. The van der Waals surface area contributed by atoms with Gasteiger partial charge in [-0.15, -0.1) is 0 Å². The van der Waals surface area contributed by atoms with Crippen LogP contribution in [0.4, 0.5) is 15.8 Å². The zero-order chi connectivity index (χ0) is 23.4. The van der Waals surface area contributed by atoms with E-state index < -0.39 is 17.6 Å². The van der Waals surface area contributed by atoms with Gasteiger partial charge < -0.3 is 20.4 Å². The SMILES string of the molecule is CN1CCN([C@@H](CNC(=O)C(=O)Nc2ccc(F)cc2)c2ccc3c(c2)CCCN3C)CC1. The topological polar surface area (TPSA) is 67.9 Å². The molecule has 2 aliphatic rings. The van der Waals surface area contributed by atoms with E-state index in [1.165, 1.54) is 35.5 Å². The average molecular weight is 454 g/mol. The number of piperazine rings is 1. The first-order chi connectivity index (χ1) is 15.9. The molecule has 0 unspecified atom stereocenters. The van der Waals surface area contributed by atoms with Crippen LogP contribution in [-0.4, -0.2) is 75.0 Å². The number of benzene rings is 2. The minimum Gasteiger partial charge on any atom is -0.374 e. The zero-order valence-electron chi connectivity index (χ0n) is 19.3. The van der Waals surface area contributed by atoms with Crippen molar-refractivity contribution >= 4 is 23.2 Å². The molecule has 0 bridgehead atoms. The number of fused-ring (bicyclic) bond motifs is 1. The lowest BCUT2D eigenvalue weighted by Gasteiger charge is -2.39. The summed E-state index contributed by atoms with van der Waals surface area (Å²) in [4.78, 5) is 31.8. The molecule has 176 valence electrons. The Morgan fingerprint density at radius 1 is 0.970 bits per heavy atom. The van der Waals surface area contributed by atoms with Crippen LogP contribution >= 0.6 is 0 Å². The van der Waals surface area contributed by atoms with Crippen molar-refractivity contribution in [3.8, 4) is 0 Å². The highest BCUT2D eigenvalue weighted by Crippen LogP contribution is 2.31. The van der Waals surface area contributed by atoms with E-state index in [4.69, 9.17) is 0 Å². The van der Waals surface area contributed by atoms with Crippen LogP contribution in [0.25, 0.3) is 0 Å². The van der Waals surface area contributed by atoms with Crippen LogP contribution in [-0.2, 0) is 16.0 Å². The summed E-state index contributed by atoms with van der Waals surface area (Å²) in [5.74, 6) is -1.86. The molecule has 1 atom stereocenters. The van der Waals surface area contributed by atoms with Gasteiger partial charge in [-0.25, -0.2) is 4.39 Å². The third kappa shape index (κ3) is 5.69. The van der Waals surface area contributed by atoms with E-state index in [0.29, 0.717) is 12.2 Å². The Balaban J connectivity index is 1.46. The summed E-state index contributed by atoms with van der Waals surface area (Å²) in [5, 5.41) is 5.34. The summed E-state index contributed by atoms with van der Waals surface area (Å²) in [6.07, 6.45) is 2.18. The predicted molar refractivity (Wildman–Crippen MR) is 128 cm³/mol. The van der Waals surface area contributed by atoms with E-state index >= 15 is 0 Å². The largest absolute Gasteiger partial charge is 0.374 e. The number of halogens is 1. The van der Waals surface area contributed by atoms with Gasteiger partial charge in [0.2, 0.25) is 0 Å². The smallest absolute Gasteiger partial charge is 0.313 e. The van der Waals surface area contributed by atoms with E-state index in [1.807, 2.05) is 0 Å². The van der Waals surface area contributed by atoms with Gasteiger partial charge in [0, 0.05) is 57.7 Å². The van der Waals surface area contributed by atoms with Crippen molar-refractivity contribution in [2.45, 2.75) is 18.9 Å². The summed E-state index contributed by atoms with van der Waals surface area (Å²) < 4.78 is 13.1. The van der Waals surface area contributed by atoms with Crippen molar-refractivity contribution < 1.29 is 14.0 Å². The van der Waals surface area contributed by atoms with Crippen molar-refractivity contribution in [1.82, 2.24) is 15.1 Å². The maximum atomic E-state index is 13.1. The molecular weight excluding hydrogens is 421 g/mol. The second-order valence-corrected chi connectivity index (χ2v) is 8.94. The molecule has 4 rings (SSSR count). The third-order valence-corrected chi connectivity index (χ3v) is 6.58. The Kier molecular flexibility index (Phi) is 7.25. The molecule has 33 heavy (non-hydrogen) atoms. The van der Waals surface area contributed by atoms with Crippen molar-refractivity contribution in [2.75, 3.05) is 63.6 Å². The molecule has 0 aromatic heterocycles. The third-order valence-electron chi connectivity index (χ3n) is 6.58. The molecule has 0 radical (unpaired) electrons. The van der Waals surface area contributed by atoms with E-state index in [2.05, 4.69) is 57.6 Å². The summed E-state index contributed by atoms with van der Waals surface area (Å²) in [6, 6.07) is 11.9. The number of carbonyl (C=O) groups is 2. The molecule has 0 spiro atoms. The van der Waals surface area contributed by atoms with Crippen LogP contribution < -0.4 is 15.5 Å². The van der Waals surface area contributed by atoms with E-state index in [1.54, 1.807) is 0 Å². The van der Waals surface area contributed by atoms with Crippen molar-refractivity contribution in [1.29, 1.82) is 0 Å². The molecule has 0 aliphatic carbocycles. The highest BCUT2D eigenvalue weighted by Gasteiger charge is 2.27. The number of carbonyl (C=O) groups excluding carboxylic acids is 2. The van der Waals surface area contributed by atoms with Gasteiger partial charge in [-0.05, 0) is 61.3 Å². The Bertz CT molecular complexity index is 989. The molecule has 2 aromatic rings. The van der Waals surface area contributed by atoms with Crippen molar-refractivity contribution in [2.24, 2.45) is 0 Å². The summed E-state index contributed by atoms with van der Waals surface area (Å²) in [5.41, 5.74) is 4.14. The van der Waals surface area contributed by atoms with Gasteiger partial charge >= 0.3 is 11.8 Å². The van der Waals surface area contributed by atoms with Crippen LogP contribution in [0.5, 0.6) is 0 Å². The normalized spacial score (nSPS) is 17.8. The molecule has 2 amide bonds. The van der Waals surface area contributed by atoms with Gasteiger partial charge in [-0.1, -0.05) is 12.1 Å². The van der Waals surface area contributed by atoms with E-state index in [9.17, 15) is 14.0 Å². The molecule has 0 saturated carbocycles. The van der Waals surface area contributed by atoms with Crippen LogP contribution in [0.1, 0.15) is 23.6 Å². The predicted octanol–water partition coefficient (Wildman–Crippen LogP) is 2.25. The van der Waals surface area contributed by atoms with Crippen LogP contribution in [0.3, 0.4) is 0 Å². The molecule has 2 heterocycles. The zero-order valence-corrected chi connectivity index (χ0v) is 19.3. The highest BCUT2D eigenvalue weighted by molar-refractivity contribution is 6.39. The number of hydrogen-bond acceptors (Lipinski definition) is 5. The van der Waals surface area contributed by atoms with E-state index in [-0.39, 0.29) is 6.04 Å². The molecular formula is C25H32FN5O2. The second kappa shape index (κ2) is 10.3. The first-order valence-corrected chi connectivity index (χ1v) is 11.5. The fourth-order valence-corrected chi connectivity index (χ4v) is 4.59. The molecule has 8 heteroatoms. The number of amides is 2. The standard InChI is InChI=1S/C25H32FN5O2/c1-29-12-14-31(15-13-29)23(19-5-10-22-18(16-19)4-3-11-30(22)2)17-27-24(32)25(33)28-21-8-6-20(26)7-9-21/h5-10,16,23H,3-4,11-15,17H2,1-2H3,(H,27,32)(H,28,33)/t23-/m0/s1. The molecule has 2 aliphatic heterocycles. The number of rotatable bonds is 5. The highest BCUT2D eigenvalue weighted by atomic mass is 19.1. The first-order valence-electron chi connectivity index (χ1n) is 11.5. The van der Waals surface area contributed by atoms with Gasteiger partial charge in [0.1, 0.15) is 5.82 Å². The minimum absolute atomic E-state index is 0.0150. The lowest BCUT2D eigenvalue weighted by Crippen LogP contribution is -2.49. The Labute approximate surface area is 194 Å². The van der Waals surface area contributed by atoms with Crippen molar-refractivity contribution in [3.63, 3.8) is 0 Å². The molecule has 2 aromatic carbocycles. The van der Waals surface area contributed by atoms with Gasteiger partial charge in [0.25, 0.3) is 0 Å². The van der Waals surface area contributed by atoms with Gasteiger partial charge in [0.05, 0.1) is 6.04 Å². The monoisotopic (exact) mass is 453 g/mol. The molecule has 1 fully saturated rings. The average Bonchev–Trinajstić information content (AvgIpc) is 2.81. The van der Waals surface area contributed by atoms with Gasteiger partial charge in [0.15, 0.2) is 0 Å². The Morgan fingerprint density at radius 3 is 2.42 bits per heavy atom. The van der Waals surface area contributed by atoms with Crippen LogP contribution in [0.2, 0.25) is 0 Å². The maximum Gasteiger partial charge on any atom is 0.313 e. The summed E-state index contributed by atoms with van der Waals surface area (Å²) in [7, 11) is 4.23. The number of likely N-dealkylation sites (N-methyl/N-ethyl adjacent to an activating group) is 1. The molecule has 1 saturated heterocycles. The maximum absolute atomic E-state index is 13.1. The quantitative estimate of drug-likeness (QED) is 0.680. The number of aryl methyl sites for hydroxylation is 1. The first kappa shape index (κ1) is 23.2. The van der Waals surface area contributed by atoms with Crippen molar-refractivity contribution in [3.05, 3.63) is 59.4 Å². The number of nitrogens with one attached hydrogen (secondary N) is 2. The Hall–Kier alpha value is -2.97. The van der Waals surface area contributed by atoms with Crippen LogP contribution in [0.15, 0.2) is 42.5 Å². The summed E-state index contributed by atoms with van der Waals surface area (Å²) in [6.45, 7) is 5.12. The fraction of sp³-hybridized carbons (Fsp3) is 0.440. The van der Waals surface area contributed by atoms with Gasteiger partial charge in [-0.2, -0.15) is 0 Å². The number of anilines is 2. The number of hydrogen-bond donors (Lipinski definition) is 2. The Morgan fingerprint density at radius 2 is 1.70 bits per heavy atom. The molecule has 7 nitrogen and oxygen atoms in total. The number of nitrogens with zero attached hydrogens (tertiary/aromatic N) is 3. The second-order valence-electron chi connectivity index (χ2n) is 8.94. The van der Waals surface area contributed by atoms with E-state index in [0.717, 1.165) is 51.1 Å². The van der Waals surface area contributed by atoms with Crippen LogP contribution in [0, 0.1) is 5.82 Å². The minimum atomic E-state index is -0.759. The fourth-order valence-electron chi connectivity index (χ4n) is 4.59. The lowest BCUT2D eigenvalue weighted by molar-refractivity contribution is -0.136.